The van der Waals surface area contributed by atoms with E-state index in [0.717, 1.165) is 25.6 Å². The minimum Gasteiger partial charge on any atom is -0.378 e. The van der Waals surface area contributed by atoms with Gasteiger partial charge >= 0.3 is 0 Å². The van der Waals surface area contributed by atoms with Crippen LogP contribution >= 0.6 is 24.8 Å². The van der Waals surface area contributed by atoms with Crippen LogP contribution in [0.3, 0.4) is 0 Å². The summed E-state index contributed by atoms with van der Waals surface area (Å²) in [5.74, 6) is 0.757. The van der Waals surface area contributed by atoms with Crippen LogP contribution in [0.1, 0.15) is 58.1 Å². The molecule has 7 heteroatoms. The van der Waals surface area contributed by atoms with Crippen LogP contribution in [0, 0.1) is 11.3 Å². The van der Waals surface area contributed by atoms with Gasteiger partial charge in [0.05, 0.1) is 6.10 Å². The number of hydrogen-bond acceptors (Lipinski definition) is 4. The van der Waals surface area contributed by atoms with Crippen molar-refractivity contribution in [2.45, 2.75) is 71.7 Å². The van der Waals surface area contributed by atoms with E-state index in [9.17, 15) is 4.79 Å². The molecule has 3 N–H and O–H groups in total. The fourth-order valence-corrected chi connectivity index (χ4v) is 4.50. The normalized spacial score (nSPS) is 26.1. The molecule has 2 unspecified atom stereocenters. The van der Waals surface area contributed by atoms with Crippen molar-refractivity contribution >= 4 is 30.7 Å². The Morgan fingerprint density at radius 3 is 2.37 bits per heavy atom. The van der Waals surface area contributed by atoms with Gasteiger partial charge in [-0.1, -0.05) is 45.0 Å². The summed E-state index contributed by atoms with van der Waals surface area (Å²) in [6.45, 7) is 12.8. The Hall–Kier alpha value is -0.850. The first-order chi connectivity index (χ1) is 13.3. The molecule has 1 aliphatic heterocycles. The highest BCUT2D eigenvalue weighted by Crippen LogP contribution is 2.49. The van der Waals surface area contributed by atoms with E-state index in [-0.39, 0.29) is 42.2 Å². The van der Waals surface area contributed by atoms with Crippen molar-refractivity contribution in [2.75, 3.05) is 19.7 Å². The third kappa shape index (κ3) is 5.49. The molecule has 0 bridgehead atoms. The van der Waals surface area contributed by atoms with Crippen LogP contribution in [0.2, 0.25) is 0 Å². The Labute approximate surface area is 194 Å². The molecule has 0 aromatic heterocycles. The summed E-state index contributed by atoms with van der Waals surface area (Å²) in [5.41, 5.74) is 7.75. The maximum Gasteiger partial charge on any atom is 0.241 e. The topological polar surface area (TPSA) is 67.6 Å². The molecule has 1 amide bonds. The number of carbonyl (C=O) groups excluding carboxylic acids is 1. The van der Waals surface area contributed by atoms with Crippen molar-refractivity contribution in [1.29, 1.82) is 0 Å². The molecule has 30 heavy (non-hydrogen) atoms. The first-order valence-electron chi connectivity index (χ1n) is 10.8. The quantitative estimate of drug-likeness (QED) is 0.648. The van der Waals surface area contributed by atoms with Crippen LogP contribution in [-0.2, 0) is 22.6 Å². The molecular formula is C23H39Cl2N3O2. The number of amides is 1. The van der Waals surface area contributed by atoms with Gasteiger partial charge in [0.1, 0.15) is 5.54 Å². The summed E-state index contributed by atoms with van der Waals surface area (Å²) in [5, 5.41) is 3.11. The number of nitrogens with one attached hydrogen (secondary N) is 1. The van der Waals surface area contributed by atoms with Gasteiger partial charge in [-0.25, -0.2) is 0 Å². The predicted octanol–water partition coefficient (Wildman–Crippen LogP) is 3.91. The van der Waals surface area contributed by atoms with E-state index in [1.54, 1.807) is 0 Å². The SMILES string of the molecule is CCOC1CC(N)(C(=O)NCc2ccccc2CN2CCC(C)CC2)C1(C)C.Cl.Cl. The van der Waals surface area contributed by atoms with Gasteiger partial charge in [0.2, 0.25) is 5.91 Å². The van der Waals surface area contributed by atoms with Crippen LogP contribution in [0.5, 0.6) is 0 Å². The molecule has 1 aliphatic carbocycles. The fraction of sp³-hybridized carbons (Fsp3) is 0.696. The van der Waals surface area contributed by atoms with Crippen LogP contribution in [-0.4, -0.2) is 42.1 Å². The number of likely N-dealkylation sites (tertiary alicyclic amines) is 1. The number of piperidine rings is 1. The zero-order chi connectivity index (χ0) is 20.4. The van der Waals surface area contributed by atoms with E-state index < -0.39 is 5.54 Å². The molecule has 1 saturated carbocycles. The monoisotopic (exact) mass is 459 g/mol. The standard InChI is InChI=1S/C23H37N3O2.2ClH/c1-5-28-20-14-23(24,22(20,3)4)21(27)25-15-18-8-6-7-9-19(18)16-26-12-10-17(2)11-13-26;;/h6-9,17,20H,5,10-16,24H2,1-4H3,(H,25,27);2*1H. The van der Waals surface area contributed by atoms with E-state index in [1.807, 2.05) is 26.8 Å². The second-order valence-corrected chi connectivity index (χ2v) is 9.25. The van der Waals surface area contributed by atoms with Gasteiger partial charge in [0, 0.05) is 31.5 Å². The maximum absolute atomic E-state index is 12.9. The lowest BCUT2D eigenvalue weighted by Gasteiger charge is -2.57. The number of nitrogens with zero attached hydrogens (tertiary/aromatic N) is 1. The Balaban J connectivity index is 0.00000225. The average Bonchev–Trinajstić information content (AvgIpc) is 2.68. The van der Waals surface area contributed by atoms with Crippen molar-refractivity contribution in [1.82, 2.24) is 10.2 Å². The minimum atomic E-state index is -0.870. The third-order valence-electron chi connectivity index (χ3n) is 7.06. The average molecular weight is 460 g/mol. The van der Waals surface area contributed by atoms with Crippen LogP contribution in [0.15, 0.2) is 24.3 Å². The molecule has 1 aromatic carbocycles. The van der Waals surface area contributed by atoms with Crippen LogP contribution in [0.25, 0.3) is 0 Å². The number of carbonyl (C=O) groups is 1. The third-order valence-corrected chi connectivity index (χ3v) is 7.06. The van der Waals surface area contributed by atoms with Crippen LogP contribution in [0.4, 0.5) is 0 Å². The Morgan fingerprint density at radius 2 is 1.80 bits per heavy atom. The van der Waals surface area contributed by atoms with E-state index in [4.69, 9.17) is 10.5 Å². The molecule has 2 fully saturated rings. The van der Waals surface area contributed by atoms with E-state index >= 15 is 0 Å². The largest absolute Gasteiger partial charge is 0.378 e. The van der Waals surface area contributed by atoms with Crippen LogP contribution < -0.4 is 11.1 Å². The summed E-state index contributed by atoms with van der Waals surface area (Å²) < 4.78 is 5.75. The Bertz CT molecular complexity index is 693. The highest BCUT2D eigenvalue weighted by atomic mass is 35.5. The molecule has 2 aliphatic rings. The number of halogens is 2. The molecule has 5 nitrogen and oxygen atoms in total. The highest BCUT2D eigenvalue weighted by Gasteiger charge is 2.62. The molecule has 3 rings (SSSR count). The number of rotatable bonds is 7. The summed E-state index contributed by atoms with van der Waals surface area (Å²) in [6.07, 6.45) is 3.16. The van der Waals surface area contributed by atoms with E-state index in [1.165, 1.54) is 24.0 Å². The first kappa shape index (κ1) is 27.2. The lowest BCUT2D eigenvalue weighted by Crippen LogP contribution is -2.75. The number of nitrogens with two attached hydrogens (primary N) is 1. The summed E-state index contributed by atoms with van der Waals surface area (Å²) >= 11 is 0. The zero-order valence-corrected chi connectivity index (χ0v) is 20.4. The minimum absolute atomic E-state index is 0. The van der Waals surface area contributed by atoms with Gasteiger partial charge in [0.25, 0.3) is 0 Å². The van der Waals surface area contributed by atoms with Gasteiger partial charge in [-0.15, -0.1) is 24.8 Å². The molecule has 1 aromatic rings. The highest BCUT2D eigenvalue weighted by molar-refractivity contribution is 5.88. The van der Waals surface area contributed by atoms with Gasteiger partial charge in [0.15, 0.2) is 0 Å². The summed E-state index contributed by atoms with van der Waals surface area (Å²) in [6, 6.07) is 8.41. The van der Waals surface area contributed by atoms with Gasteiger partial charge in [-0.3, -0.25) is 9.69 Å². The lowest BCUT2D eigenvalue weighted by molar-refractivity contribution is -0.170. The second kappa shape index (κ2) is 11.1. The summed E-state index contributed by atoms with van der Waals surface area (Å²) in [7, 11) is 0. The maximum atomic E-state index is 12.9. The molecule has 0 radical (unpaired) electrons. The van der Waals surface area contributed by atoms with Crippen molar-refractivity contribution < 1.29 is 9.53 Å². The van der Waals surface area contributed by atoms with Gasteiger partial charge < -0.3 is 15.8 Å². The Kier molecular flexibility index (Phi) is 10.1. The molecule has 0 spiro atoms. The Morgan fingerprint density at radius 1 is 1.20 bits per heavy atom. The van der Waals surface area contributed by atoms with Crippen molar-refractivity contribution in [3.63, 3.8) is 0 Å². The molecule has 172 valence electrons. The van der Waals surface area contributed by atoms with E-state index in [0.29, 0.717) is 19.6 Å². The molecule has 2 atom stereocenters. The summed E-state index contributed by atoms with van der Waals surface area (Å²) in [4.78, 5) is 15.4. The smallest absolute Gasteiger partial charge is 0.241 e. The van der Waals surface area contributed by atoms with Crippen molar-refractivity contribution in [2.24, 2.45) is 17.1 Å². The molecule has 1 heterocycles. The van der Waals surface area contributed by atoms with Gasteiger partial charge in [-0.05, 0) is 49.9 Å². The first-order valence-corrected chi connectivity index (χ1v) is 10.8. The number of ether oxygens (including phenoxy) is 1. The number of benzene rings is 1. The number of hydrogen-bond donors (Lipinski definition) is 2. The molecular weight excluding hydrogens is 421 g/mol. The van der Waals surface area contributed by atoms with E-state index in [2.05, 4.69) is 35.3 Å². The zero-order valence-electron chi connectivity index (χ0n) is 18.8. The fourth-order valence-electron chi connectivity index (χ4n) is 4.50. The van der Waals surface area contributed by atoms with Crippen molar-refractivity contribution in [3.05, 3.63) is 35.4 Å². The molecule has 1 saturated heterocycles. The predicted molar refractivity (Wildman–Crippen MR) is 127 cm³/mol. The lowest BCUT2D eigenvalue weighted by atomic mass is 9.54. The van der Waals surface area contributed by atoms with Crippen molar-refractivity contribution in [3.8, 4) is 0 Å². The van der Waals surface area contributed by atoms with Gasteiger partial charge in [-0.2, -0.15) is 0 Å². The second-order valence-electron chi connectivity index (χ2n) is 9.25.